The van der Waals surface area contributed by atoms with E-state index in [0.29, 0.717) is 25.2 Å². The first-order valence-corrected chi connectivity index (χ1v) is 10.7. The number of carbonyl (C=O) groups is 2. The van der Waals surface area contributed by atoms with Gasteiger partial charge in [0.2, 0.25) is 5.91 Å². The number of amides is 2. The van der Waals surface area contributed by atoms with Crippen molar-refractivity contribution in [3.05, 3.63) is 66.0 Å². The summed E-state index contributed by atoms with van der Waals surface area (Å²) >= 11 is 0. The second-order valence-corrected chi connectivity index (χ2v) is 8.04. The van der Waals surface area contributed by atoms with Gasteiger partial charge in [0.05, 0.1) is 12.1 Å². The summed E-state index contributed by atoms with van der Waals surface area (Å²) in [6, 6.07) is 13.8. The highest BCUT2D eigenvalue weighted by atomic mass is 16.2. The maximum Gasteiger partial charge on any atom is 0.254 e. The summed E-state index contributed by atoms with van der Waals surface area (Å²) in [5.74, 6) is -0.0926. The van der Waals surface area contributed by atoms with Crippen molar-refractivity contribution in [3.8, 4) is 0 Å². The summed E-state index contributed by atoms with van der Waals surface area (Å²) in [5.41, 5.74) is 1.85. The molecule has 1 aliphatic heterocycles. The number of fused-ring (bicyclic) bond motifs is 1. The third-order valence-corrected chi connectivity index (χ3v) is 5.73. The minimum absolute atomic E-state index is 0.0124. The first-order chi connectivity index (χ1) is 14.6. The molecule has 2 heterocycles. The van der Waals surface area contributed by atoms with E-state index in [-0.39, 0.29) is 17.7 Å². The fourth-order valence-corrected chi connectivity index (χ4v) is 4.14. The maximum absolute atomic E-state index is 13.2. The molecule has 30 heavy (non-hydrogen) atoms. The molecule has 0 spiro atoms. The van der Waals surface area contributed by atoms with Gasteiger partial charge in [0, 0.05) is 37.9 Å². The number of aromatic nitrogens is 2. The molecule has 1 unspecified atom stereocenters. The normalized spacial score (nSPS) is 16.6. The van der Waals surface area contributed by atoms with Crippen molar-refractivity contribution in [1.82, 2.24) is 20.0 Å². The first kappa shape index (κ1) is 20.1. The summed E-state index contributed by atoms with van der Waals surface area (Å²) in [6.07, 6.45) is 6.34. The van der Waals surface area contributed by atoms with Gasteiger partial charge in [-0.25, -0.2) is 0 Å². The zero-order valence-corrected chi connectivity index (χ0v) is 17.4. The molecule has 1 atom stereocenters. The highest BCUT2D eigenvalue weighted by Gasteiger charge is 2.29. The van der Waals surface area contributed by atoms with E-state index in [4.69, 9.17) is 0 Å². The van der Waals surface area contributed by atoms with Crippen molar-refractivity contribution in [2.75, 3.05) is 19.6 Å². The van der Waals surface area contributed by atoms with Crippen LogP contribution in [0.15, 0.2) is 54.9 Å². The minimum atomic E-state index is -0.148. The van der Waals surface area contributed by atoms with Gasteiger partial charge in [-0.15, -0.1) is 0 Å². The Hall–Kier alpha value is -3.15. The van der Waals surface area contributed by atoms with Crippen LogP contribution in [0.5, 0.6) is 0 Å². The molecule has 6 heteroatoms. The number of nitrogens with zero attached hydrogens (tertiary/aromatic N) is 3. The molecule has 156 valence electrons. The van der Waals surface area contributed by atoms with Gasteiger partial charge in [0.1, 0.15) is 0 Å². The lowest BCUT2D eigenvalue weighted by atomic mass is 9.95. The summed E-state index contributed by atoms with van der Waals surface area (Å²) in [7, 11) is 0. The fraction of sp³-hybridized carbons (Fsp3) is 0.375. The number of nitrogens with one attached hydrogen (secondary N) is 1. The third-order valence-electron chi connectivity index (χ3n) is 5.73. The average Bonchev–Trinajstić information content (AvgIpc) is 3.20. The van der Waals surface area contributed by atoms with Gasteiger partial charge < -0.3 is 10.2 Å². The van der Waals surface area contributed by atoms with Gasteiger partial charge >= 0.3 is 0 Å². The molecule has 0 aliphatic carbocycles. The Kier molecular flexibility index (Phi) is 6.12. The molecule has 3 aromatic rings. The van der Waals surface area contributed by atoms with Crippen LogP contribution in [0, 0.1) is 12.8 Å². The molecule has 6 nitrogen and oxygen atoms in total. The average molecular weight is 405 g/mol. The Morgan fingerprint density at radius 1 is 1.17 bits per heavy atom. The molecular weight excluding hydrogens is 376 g/mol. The number of piperidine rings is 1. The fourth-order valence-electron chi connectivity index (χ4n) is 4.14. The second kappa shape index (κ2) is 9.11. The summed E-state index contributed by atoms with van der Waals surface area (Å²) in [4.78, 5) is 27.7. The quantitative estimate of drug-likeness (QED) is 0.641. The maximum atomic E-state index is 13.2. The van der Waals surface area contributed by atoms with Crippen LogP contribution in [-0.4, -0.2) is 46.1 Å². The van der Waals surface area contributed by atoms with E-state index in [2.05, 4.69) is 10.4 Å². The molecule has 0 radical (unpaired) electrons. The zero-order valence-electron chi connectivity index (χ0n) is 17.4. The van der Waals surface area contributed by atoms with Crippen LogP contribution < -0.4 is 5.32 Å². The Bertz CT molecular complexity index is 1040. The molecule has 4 rings (SSSR count). The topological polar surface area (TPSA) is 67.2 Å². The van der Waals surface area contributed by atoms with Crippen LogP contribution in [0.2, 0.25) is 0 Å². The first-order valence-electron chi connectivity index (χ1n) is 10.7. The van der Waals surface area contributed by atoms with Crippen LogP contribution >= 0.6 is 0 Å². The van der Waals surface area contributed by atoms with Gasteiger partial charge in [0.15, 0.2) is 0 Å². The van der Waals surface area contributed by atoms with Crippen molar-refractivity contribution in [2.24, 2.45) is 5.92 Å². The van der Waals surface area contributed by atoms with Gasteiger partial charge in [-0.3, -0.25) is 14.3 Å². The molecular formula is C24H28N4O2. The zero-order chi connectivity index (χ0) is 20.9. The Labute approximate surface area is 176 Å². The molecule has 1 saturated heterocycles. The van der Waals surface area contributed by atoms with Crippen molar-refractivity contribution in [3.63, 3.8) is 0 Å². The lowest BCUT2D eigenvalue weighted by Gasteiger charge is -2.32. The predicted molar refractivity (Wildman–Crippen MR) is 117 cm³/mol. The van der Waals surface area contributed by atoms with E-state index in [0.717, 1.165) is 42.1 Å². The van der Waals surface area contributed by atoms with Crippen molar-refractivity contribution < 1.29 is 9.59 Å². The molecule has 2 amide bonds. The smallest absolute Gasteiger partial charge is 0.254 e. The van der Waals surface area contributed by atoms with E-state index in [1.54, 1.807) is 0 Å². The number of aryl methyl sites for hydroxylation is 2. The number of hydrogen-bond acceptors (Lipinski definition) is 3. The number of rotatable bonds is 6. The highest BCUT2D eigenvalue weighted by molar-refractivity contribution is 6.07. The standard InChI is InChI=1S/C24H28N4O2/c1-18-15-26-28(16-18)14-6-12-25-23(29)20-9-5-13-27(17-20)24(30)22-11-4-8-19-7-2-3-10-21(19)22/h2-4,7-8,10-11,15-16,20H,5-6,9,12-14,17H2,1H3,(H,25,29). The second-order valence-electron chi connectivity index (χ2n) is 8.04. The van der Waals surface area contributed by atoms with Gasteiger partial charge in [-0.05, 0) is 48.6 Å². The Balaban J connectivity index is 1.33. The molecule has 0 saturated carbocycles. The van der Waals surface area contributed by atoms with Crippen LogP contribution in [0.3, 0.4) is 0 Å². The number of carbonyl (C=O) groups excluding carboxylic acids is 2. The van der Waals surface area contributed by atoms with Crippen LogP contribution in [0.1, 0.15) is 35.2 Å². The summed E-state index contributed by atoms with van der Waals surface area (Å²) < 4.78 is 1.90. The van der Waals surface area contributed by atoms with E-state index in [9.17, 15) is 9.59 Å². The third kappa shape index (κ3) is 4.53. The lowest BCUT2D eigenvalue weighted by Crippen LogP contribution is -2.45. The number of likely N-dealkylation sites (tertiary alicyclic amines) is 1. The molecule has 1 N–H and O–H groups in total. The van der Waals surface area contributed by atoms with E-state index >= 15 is 0 Å². The lowest BCUT2D eigenvalue weighted by molar-refractivity contribution is -0.126. The largest absolute Gasteiger partial charge is 0.356 e. The summed E-state index contributed by atoms with van der Waals surface area (Å²) in [6.45, 7) is 4.59. The van der Waals surface area contributed by atoms with Gasteiger partial charge in [0.25, 0.3) is 5.91 Å². The molecule has 2 aromatic carbocycles. The molecule has 1 aliphatic rings. The van der Waals surface area contributed by atoms with Gasteiger partial charge in [-0.1, -0.05) is 36.4 Å². The van der Waals surface area contributed by atoms with Crippen LogP contribution in [0.4, 0.5) is 0 Å². The summed E-state index contributed by atoms with van der Waals surface area (Å²) in [5, 5.41) is 9.32. The Morgan fingerprint density at radius 2 is 2.00 bits per heavy atom. The van der Waals surface area contributed by atoms with Crippen LogP contribution in [0.25, 0.3) is 10.8 Å². The SMILES string of the molecule is Cc1cnn(CCCNC(=O)C2CCCN(C(=O)c3cccc4ccccc34)C2)c1. The van der Waals surface area contributed by atoms with E-state index in [1.807, 2.05) is 71.4 Å². The Morgan fingerprint density at radius 3 is 2.83 bits per heavy atom. The highest BCUT2D eigenvalue weighted by Crippen LogP contribution is 2.23. The van der Waals surface area contributed by atoms with E-state index < -0.39 is 0 Å². The van der Waals surface area contributed by atoms with Crippen molar-refractivity contribution in [2.45, 2.75) is 32.7 Å². The molecule has 1 aromatic heterocycles. The van der Waals surface area contributed by atoms with Crippen molar-refractivity contribution >= 4 is 22.6 Å². The molecule has 1 fully saturated rings. The van der Waals surface area contributed by atoms with Crippen molar-refractivity contribution in [1.29, 1.82) is 0 Å². The number of benzene rings is 2. The van der Waals surface area contributed by atoms with Crippen LogP contribution in [-0.2, 0) is 11.3 Å². The van der Waals surface area contributed by atoms with Gasteiger partial charge in [-0.2, -0.15) is 5.10 Å². The minimum Gasteiger partial charge on any atom is -0.356 e. The molecule has 0 bridgehead atoms. The monoisotopic (exact) mass is 404 g/mol. The van der Waals surface area contributed by atoms with E-state index in [1.165, 1.54) is 0 Å². The number of hydrogen-bond donors (Lipinski definition) is 1. The predicted octanol–water partition coefficient (Wildman–Crippen LogP) is 3.40.